The third-order valence-electron chi connectivity index (χ3n) is 2.40. The van der Waals surface area contributed by atoms with Crippen LogP contribution >= 0.6 is 0 Å². The largest absolute Gasteiger partial charge is 0.504 e. The van der Waals surface area contributed by atoms with Gasteiger partial charge in [-0.25, -0.2) is 4.79 Å². The van der Waals surface area contributed by atoms with Gasteiger partial charge in [-0.05, 0) is 31.9 Å². The number of amides is 2. The Labute approximate surface area is 107 Å². The van der Waals surface area contributed by atoms with Gasteiger partial charge in [-0.15, -0.1) is 0 Å². The van der Waals surface area contributed by atoms with Crippen LogP contribution in [0.25, 0.3) is 0 Å². The number of rotatable bonds is 5. The van der Waals surface area contributed by atoms with Gasteiger partial charge in [0.15, 0.2) is 11.5 Å². The summed E-state index contributed by atoms with van der Waals surface area (Å²) in [5.41, 5.74) is 0.749. The molecule has 3 N–H and O–H groups in total. The summed E-state index contributed by atoms with van der Waals surface area (Å²) in [6.45, 7) is 4.25. The monoisotopic (exact) mass is 252 g/mol. The Hall–Kier alpha value is -1.91. The molecule has 5 nitrogen and oxygen atoms in total. The van der Waals surface area contributed by atoms with Crippen LogP contribution in [0.4, 0.5) is 4.79 Å². The van der Waals surface area contributed by atoms with E-state index in [1.807, 2.05) is 19.9 Å². The SMILES string of the molecule is COc1cccc(CCNC(=O)NC(C)C)c1O. The van der Waals surface area contributed by atoms with Crippen LogP contribution in [0.15, 0.2) is 18.2 Å². The summed E-state index contributed by atoms with van der Waals surface area (Å²) in [6, 6.07) is 5.21. The number of hydrogen-bond donors (Lipinski definition) is 3. The van der Waals surface area contributed by atoms with E-state index in [2.05, 4.69) is 10.6 Å². The molecule has 0 aliphatic carbocycles. The van der Waals surface area contributed by atoms with Crippen molar-refractivity contribution < 1.29 is 14.6 Å². The predicted octanol–water partition coefficient (Wildman–Crippen LogP) is 1.65. The van der Waals surface area contributed by atoms with E-state index in [9.17, 15) is 9.90 Å². The Morgan fingerprint density at radius 2 is 2.17 bits per heavy atom. The molecular formula is C13H20N2O3. The lowest BCUT2D eigenvalue weighted by atomic mass is 10.1. The first-order valence-corrected chi connectivity index (χ1v) is 5.93. The van der Waals surface area contributed by atoms with E-state index < -0.39 is 0 Å². The zero-order valence-electron chi connectivity index (χ0n) is 11.0. The Bertz CT molecular complexity index is 405. The molecule has 2 amide bonds. The van der Waals surface area contributed by atoms with Crippen LogP contribution in [0.5, 0.6) is 11.5 Å². The van der Waals surface area contributed by atoms with Crippen LogP contribution in [0, 0.1) is 0 Å². The van der Waals surface area contributed by atoms with Crippen molar-refractivity contribution in [3.8, 4) is 11.5 Å². The average Bonchev–Trinajstić information content (AvgIpc) is 2.30. The van der Waals surface area contributed by atoms with Crippen molar-refractivity contribution in [2.75, 3.05) is 13.7 Å². The van der Waals surface area contributed by atoms with Gasteiger partial charge in [-0.2, -0.15) is 0 Å². The third-order valence-corrected chi connectivity index (χ3v) is 2.40. The smallest absolute Gasteiger partial charge is 0.314 e. The number of ether oxygens (including phenoxy) is 1. The van der Waals surface area contributed by atoms with E-state index in [-0.39, 0.29) is 17.8 Å². The fourth-order valence-electron chi connectivity index (χ4n) is 1.56. The molecule has 0 saturated carbocycles. The number of aromatic hydroxyl groups is 1. The first-order valence-electron chi connectivity index (χ1n) is 5.93. The number of phenolic OH excluding ortho intramolecular Hbond substituents is 1. The van der Waals surface area contributed by atoms with E-state index in [1.54, 1.807) is 12.1 Å². The van der Waals surface area contributed by atoms with Crippen LogP contribution < -0.4 is 15.4 Å². The van der Waals surface area contributed by atoms with Crippen molar-refractivity contribution in [2.45, 2.75) is 26.3 Å². The quantitative estimate of drug-likeness (QED) is 0.746. The Kier molecular flexibility index (Phi) is 5.30. The number of methoxy groups -OCH3 is 1. The molecule has 0 atom stereocenters. The first kappa shape index (κ1) is 14.2. The van der Waals surface area contributed by atoms with Gasteiger partial charge in [0.25, 0.3) is 0 Å². The molecule has 5 heteroatoms. The summed E-state index contributed by atoms with van der Waals surface area (Å²) < 4.78 is 5.02. The van der Waals surface area contributed by atoms with Gasteiger partial charge in [0.2, 0.25) is 0 Å². The van der Waals surface area contributed by atoms with Crippen LogP contribution in [-0.4, -0.2) is 30.8 Å². The van der Waals surface area contributed by atoms with Crippen LogP contribution in [-0.2, 0) is 6.42 Å². The van der Waals surface area contributed by atoms with Gasteiger partial charge in [0, 0.05) is 12.6 Å². The van der Waals surface area contributed by atoms with Gasteiger partial charge in [0.05, 0.1) is 7.11 Å². The van der Waals surface area contributed by atoms with E-state index in [4.69, 9.17) is 4.74 Å². The molecule has 0 bridgehead atoms. The molecule has 0 radical (unpaired) electrons. The average molecular weight is 252 g/mol. The lowest BCUT2D eigenvalue weighted by molar-refractivity contribution is 0.238. The van der Waals surface area contributed by atoms with Crippen molar-refractivity contribution in [2.24, 2.45) is 0 Å². The molecule has 18 heavy (non-hydrogen) atoms. The number of hydrogen-bond acceptors (Lipinski definition) is 3. The summed E-state index contributed by atoms with van der Waals surface area (Å²) in [5, 5.41) is 15.3. The molecule has 0 unspecified atom stereocenters. The Balaban J connectivity index is 2.47. The molecule has 1 rings (SSSR count). The highest BCUT2D eigenvalue weighted by molar-refractivity contribution is 5.74. The second kappa shape index (κ2) is 6.74. The molecule has 0 spiro atoms. The summed E-state index contributed by atoms with van der Waals surface area (Å²) in [7, 11) is 1.51. The van der Waals surface area contributed by atoms with Crippen molar-refractivity contribution in [3.63, 3.8) is 0 Å². The second-order valence-electron chi connectivity index (χ2n) is 4.27. The Morgan fingerprint density at radius 1 is 1.44 bits per heavy atom. The number of urea groups is 1. The lowest BCUT2D eigenvalue weighted by Crippen LogP contribution is -2.40. The summed E-state index contributed by atoms with van der Waals surface area (Å²) in [4.78, 5) is 11.3. The van der Waals surface area contributed by atoms with Crippen molar-refractivity contribution in [1.82, 2.24) is 10.6 Å². The van der Waals surface area contributed by atoms with Crippen molar-refractivity contribution in [1.29, 1.82) is 0 Å². The minimum absolute atomic E-state index is 0.107. The van der Waals surface area contributed by atoms with Crippen molar-refractivity contribution in [3.05, 3.63) is 23.8 Å². The van der Waals surface area contributed by atoms with Gasteiger partial charge >= 0.3 is 6.03 Å². The number of carbonyl (C=O) groups is 1. The molecule has 0 aliphatic rings. The van der Waals surface area contributed by atoms with E-state index >= 15 is 0 Å². The lowest BCUT2D eigenvalue weighted by Gasteiger charge is -2.11. The molecule has 100 valence electrons. The van der Waals surface area contributed by atoms with Crippen LogP contribution in [0.3, 0.4) is 0 Å². The normalized spacial score (nSPS) is 10.2. The first-order chi connectivity index (χ1) is 8.54. The predicted molar refractivity (Wildman–Crippen MR) is 70.0 cm³/mol. The highest BCUT2D eigenvalue weighted by atomic mass is 16.5. The second-order valence-corrected chi connectivity index (χ2v) is 4.27. The van der Waals surface area contributed by atoms with Crippen LogP contribution in [0.1, 0.15) is 19.4 Å². The molecule has 0 saturated heterocycles. The van der Waals surface area contributed by atoms with E-state index in [1.165, 1.54) is 7.11 Å². The summed E-state index contributed by atoms with van der Waals surface area (Å²) in [6.07, 6.45) is 0.550. The van der Waals surface area contributed by atoms with Crippen LogP contribution in [0.2, 0.25) is 0 Å². The maximum atomic E-state index is 11.3. The summed E-state index contributed by atoms with van der Waals surface area (Å²) in [5.74, 6) is 0.574. The van der Waals surface area contributed by atoms with Gasteiger partial charge in [-0.1, -0.05) is 12.1 Å². The summed E-state index contributed by atoms with van der Waals surface area (Å²) >= 11 is 0. The highest BCUT2D eigenvalue weighted by Gasteiger charge is 2.07. The number of carbonyl (C=O) groups excluding carboxylic acids is 1. The van der Waals surface area contributed by atoms with E-state index in [0.29, 0.717) is 18.7 Å². The molecule has 1 aromatic rings. The zero-order chi connectivity index (χ0) is 13.5. The van der Waals surface area contributed by atoms with Gasteiger partial charge < -0.3 is 20.5 Å². The fraction of sp³-hybridized carbons (Fsp3) is 0.462. The number of nitrogens with one attached hydrogen (secondary N) is 2. The Morgan fingerprint density at radius 3 is 2.78 bits per heavy atom. The highest BCUT2D eigenvalue weighted by Crippen LogP contribution is 2.29. The van der Waals surface area contributed by atoms with Gasteiger partial charge in [-0.3, -0.25) is 0 Å². The molecule has 0 fully saturated rings. The maximum Gasteiger partial charge on any atom is 0.314 e. The molecular weight excluding hydrogens is 232 g/mol. The number of benzene rings is 1. The zero-order valence-corrected chi connectivity index (χ0v) is 11.0. The molecule has 0 aliphatic heterocycles. The fourth-order valence-corrected chi connectivity index (χ4v) is 1.56. The molecule has 0 aromatic heterocycles. The third kappa shape index (κ3) is 4.16. The molecule has 0 heterocycles. The number of para-hydroxylation sites is 1. The maximum absolute atomic E-state index is 11.3. The minimum atomic E-state index is -0.201. The van der Waals surface area contributed by atoms with Crippen molar-refractivity contribution >= 4 is 6.03 Å². The van der Waals surface area contributed by atoms with Gasteiger partial charge in [0.1, 0.15) is 0 Å². The molecule has 1 aromatic carbocycles. The number of phenols is 1. The minimum Gasteiger partial charge on any atom is -0.504 e. The topological polar surface area (TPSA) is 70.6 Å². The van der Waals surface area contributed by atoms with E-state index in [0.717, 1.165) is 5.56 Å². The standard InChI is InChI=1S/C13H20N2O3/c1-9(2)15-13(17)14-8-7-10-5-4-6-11(18-3)12(10)16/h4-6,9,16H,7-8H2,1-3H3,(H2,14,15,17).